The average Bonchev–Trinajstić information content (AvgIpc) is 2.44. The molecule has 4 heteroatoms. The molecule has 0 unspecified atom stereocenters. The first-order valence-corrected chi connectivity index (χ1v) is 8.38. The second-order valence-corrected chi connectivity index (χ2v) is 6.55. The van der Waals surface area contributed by atoms with Crippen LogP contribution in [0.1, 0.15) is 35.7 Å². The van der Waals surface area contributed by atoms with Gasteiger partial charge in [0, 0.05) is 12.1 Å². The molecule has 0 aliphatic rings. The van der Waals surface area contributed by atoms with Crippen LogP contribution in [0, 0.1) is 31.3 Å². The Morgan fingerprint density at radius 1 is 1.00 bits per heavy atom. The first kappa shape index (κ1) is 16.2. The molecule has 1 aromatic heterocycles. The van der Waals surface area contributed by atoms with Gasteiger partial charge in [0.2, 0.25) is 0 Å². The predicted octanol–water partition coefficient (Wildman–Crippen LogP) is 4.80. The zero-order valence-electron chi connectivity index (χ0n) is 13.3. The van der Waals surface area contributed by atoms with Crippen LogP contribution in [0.3, 0.4) is 0 Å². The summed E-state index contributed by atoms with van der Waals surface area (Å²) in [7, 11) is 0. The van der Waals surface area contributed by atoms with Gasteiger partial charge in [0.15, 0.2) is 5.82 Å². The lowest BCUT2D eigenvalue weighted by molar-refractivity contribution is 0.958. The van der Waals surface area contributed by atoms with Gasteiger partial charge >= 0.3 is 0 Å². The quantitative estimate of drug-likeness (QED) is 0.756. The van der Waals surface area contributed by atoms with Crippen molar-refractivity contribution in [2.24, 2.45) is 0 Å². The molecule has 0 saturated heterocycles. The second kappa shape index (κ2) is 6.73. The molecule has 0 spiro atoms. The molecule has 0 saturated carbocycles. The molecule has 0 radical (unpaired) electrons. The topological polar surface area (TPSA) is 37.8 Å². The van der Waals surface area contributed by atoms with Crippen LogP contribution in [0.25, 0.3) is 11.4 Å². The van der Waals surface area contributed by atoms with Crippen molar-refractivity contribution in [2.75, 3.05) is 11.9 Å². The Hall–Kier alpha value is -1.17. The lowest BCUT2D eigenvalue weighted by Crippen LogP contribution is -2.08. The molecular weight excluding hydrogens is 373 g/mol. The number of anilines is 1. The summed E-state index contributed by atoms with van der Waals surface area (Å²) in [5, 5.41) is 3.40. The van der Waals surface area contributed by atoms with E-state index in [1.807, 2.05) is 6.92 Å². The Morgan fingerprint density at radius 3 is 2.33 bits per heavy atom. The number of halogens is 1. The maximum Gasteiger partial charge on any atom is 0.162 e. The van der Waals surface area contributed by atoms with Gasteiger partial charge in [-0.05, 0) is 79.5 Å². The van der Waals surface area contributed by atoms with E-state index in [9.17, 15) is 0 Å². The first-order valence-electron chi connectivity index (χ1n) is 7.30. The molecule has 1 N–H and O–H groups in total. The minimum atomic E-state index is 0.812. The standard InChI is InChI=1S/C17H22IN3/c1-6-7-19-17-15(18)13(5)20-16(21-17)14-9-11(3)10(2)8-12(14)4/h8-9H,6-7H2,1-5H3,(H,19,20,21). The SMILES string of the molecule is CCCNc1nc(-c2cc(C)c(C)cc2C)nc(C)c1I. The molecule has 0 aliphatic carbocycles. The normalized spacial score (nSPS) is 10.8. The van der Waals surface area contributed by atoms with E-state index in [2.05, 4.69) is 72.7 Å². The Bertz CT molecular complexity index is 666. The first-order chi connectivity index (χ1) is 9.93. The summed E-state index contributed by atoms with van der Waals surface area (Å²) in [4.78, 5) is 9.43. The summed E-state index contributed by atoms with van der Waals surface area (Å²) >= 11 is 2.31. The smallest absolute Gasteiger partial charge is 0.162 e. The van der Waals surface area contributed by atoms with Gasteiger partial charge < -0.3 is 5.32 Å². The Balaban J connectivity index is 2.54. The largest absolute Gasteiger partial charge is 0.369 e. The van der Waals surface area contributed by atoms with E-state index >= 15 is 0 Å². The molecule has 0 fully saturated rings. The van der Waals surface area contributed by atoms with Gasteiger partial charge in [-0.3, -0.25) is 0 Å². The zero-order chi connectivity index (χ0) is 15.6. The summed E-state index contributed by atoms with van der Waals surface area (Å²) in [6.07, 6.45) is 1.08. The van der Waals surface area contributed by atoms with Crippen LogP contribution in [0.2, 0.25) is 0 Å². The van der Waals surface area contributed by atoms with E-state index in [1.54, 1.807) is 0 Å². The van der Waals surface area contributed by atoms with Crippen LogP contribution in [0.5, 0.6) is 0 Å². The van der Waals surface area contributed by atoms with Crippen molar-refractivity contribution in [3.05, 3.63) is 38.1 Å². The number of aromatic nitrogens is 2. The highest BCUT2D eigenvalue weighted by molar-refractivity contribution is 14.1. The van der Waals surface area contributed by atoms with E-state index in [4.69, 9.17) is 4.98 Å². The number of nitrogens with zero attached hydrogens (tertiary/aromatic N) is 2. The molecule has 1 heterocycles. The molecule has 112 valence electrons. The van der Waals surface area contributed by atoms with Crippen LogP contribution in [0.15, 0.2) is 12.1 Å². The van der Waals surface area contributed by atoms with Gasteiger partial charge in [0.1, 0.15) is 5.82 Å². The monoisotopic (exact) mass is 395 g/mol. The third-order valence-electron chi connectivity index (χ3n) is 3.64. The zero-order valence-corrected chi connectivity index (χ0v) is 15.5. The molecule has 0 atom stereocenters. The van der Waals surface area contributed by atoms with E-state index < -0.39 is 0 Å². The maximum absolute atomic E-state index is 4.74. The third-order valence-corrected chi connectivity index (χ3v) is 4.93. The highest BCUT2D eigenvalue weighted by atomic mass is 127. The average molecular weight is 395 g/mol. The Labute approximate surface area is 140 Å². The molecule has 21 heavy (non-hydrogen) atoms. The van der Waals surface area contributed by atoms with E-state index in [0.717, 1.165) is 39.4 Å². The summed E-state index contributed by atoms with van der Waals surface area (Å²) in [5.41, 5.74) is 5.95. The van der Waals surface area contributed by atoms with E-state index in [1.165, 1.54) is 16.7 Å². The summed E-state index contributed by atoms with van der Waals surface area (Å²) in [6, 6.07) is 4.40. The van der Waals surface area contributed by atoms with Gasteiger partial charge in [-0.2, -0.15) is 0 Å². The van der Waals surface area contributed by atoms with Crippen molar-refractivity contribution in [1.82, 2.24) is 9.97 Å². The maximum atomic E-state index is 4.74. The molecule has 0 bridgehead atoms. The molecule has 1 aromatic carbocycles. The molecule has 2 aromatic rings. The lowest BCUT2D eigenvalue weighted by atomic mass is 10.0. The number of benzene rings is 1. The van der Waals surface area contributed by atoms with Gasteiger partial charge in [-0.15, -0.1) is 0 Å². The Morgan fingerprint density at radius 2 is 1.67 bits per heavy atom. The van der Waals surface area contributed by atoms with Crippen molar-refractivity contribution in [2.45, 2.75) is 41.0 Å². The summed E-state index contributed by atoms with van der Waals surface area (Å²) in [6.45, 7) is 11.5. The second-order valence-electron chi connectivity index (χ2n) is 5.47. The van der Waals surface area contributed by atoms with Crippen LogP contribution >= 0.6 is 22.6 Å². The molecule has 0 aliphatic heterocycles. The van der Waals surface area contributed by atoms with Crippen molar-refractivity contribution in [1.29, 1.82) is 0 Å². The highest BCUT2D eigenvalue weighted by Crippen LogP contribution is 2.27. The fourth-order valence-electron chi connectivity index (χ4n) is 2.24. The number of aryl methyl sites for hydroxylation is 4. The number of nitrogens with one attached hydrogen (secondary N) is 1. The van der Waals surface area contributed by atoms with Crippen LogP contribution in [-0.4, -0.2) is 16.5 Å². The van der Waals surface area contributed by atoms with Crippen molar-refractivity contribution in [3.8, 4) is 11.4 Å². The predicted molar refractivity (Wildman–Crippen MR) is 97.9 cm³/mol. The van der Waals surface area contributed by atoms with Crippen molar-refractivity contribution < 1.29 is 0 Å². The fourth-order valence-corrected chi connectivity index (χ4v) is 2.67. The lowest BCUT2D eigenvalue weighted by Gasteiger charge is -2.13. The van der Waals surface area contributed by atoms with Crippen LogP contribution in [0.4, 0.5) is 5.82 Å². The molecule has 2 rings (SSSR count). The van der Waals surface area contributed by atoms with Gasteiger partial charge in [0.05, 0.1) is 9.26 Å². The summed E-state index contributed by atoms with van der Waals surface area (Å²) < 4.78 is 1.10. The molecule has 0 amide bonds. The van der Waals surface area contributed by atoms with Gasteiger partial charge in [0.25, 0.3) is 0 Å². The number of rotatable bonds is 4. The minimum Gasteiger partial charge on any atom is -0.369 e. The highest BCUT2D eigenvalue weighted by Gasteiger charge is 2.13. The van der Waals surface area contributed by atoms with Crippen LogP contribution < -0.4 is 5.32 Å². The third kappa shape index (κ3) is 3.54. The van der Waals surface area contributed by atoms with E-state index in [-0.39, 0.29) is 0 Å². The van der Waals surface area contributed by atoms with Crippen LogP contribution in [-0.2, 0) is 0 Å². The van der Waals surface area contributed by atoms with E-state index in [0.29, 0.717) is 0 Å². The van der Waals surface area contributed by atoms with Crippen molar-refractivity contribution >= 4 is 28.4 Å². The van der Waals surface area contributed by atoms with Gasteiger partial charge in [-0.1, -0.05) is 13.0 Å². The van der Waals surface area contributed by atoms with Gasteiger partial charge in [-0.25, -0.2) is 9.97 Å². The van der Waals surface area contributed by atoms with Crippen molar-refractivity contribution in [3.63, 3.8) is 0 Å². The number of hydrogen-bond donors (Lipinski definition) is 1. The molecular formula is C17H22IN3. The Kier molecular flexibility index (Phi) is 5.19. The minimum absolute atomic E-state index is 0.812. The fraction of sp³-hybridized carbons (Fsp3) is 0.412. The number of hydrogen-bond acceptors (Lipinski definition) is 3. The summed E-state index contributed by atoms with van der Waals surface area (Å²) in [5.74, 6) is 1.75. The molecule has 3 nitrogen and oxygen atoms in total.